The Morgan fingerprint density at radius 1 is 1.37 bits per heavy atom. The van der Waals surface area contributed by atoms with Gasteiger partial charge in [0.25, 0.3) is 0 Å². The van der Waals surface area contributed by atoms with Gasteiger partial charge >= 0.3 is 5.97 Å². The van der Waals surface area contributed by atoms with E-state index in [0.717, 1.165) is 19.3 Å². The molecule has 1 rings (SSSR count). The van der Waals surface area contributed by atoms with Crippen molar-refractivity contribution in [1.82, 2.24) is 5.32 Å². The molecule has 0 radical (unpaired) electrons. The van der Waals surface area contributed by atoms with E-state index in [9.17, 15) is 14.7 Å². The third-order valence-corrected chi connectivity index (χ3v) is 4.16. The molecule has 0 heterocycles. The van der Waals surface area contributed by atoms with Crippen LogP contribution in [-0.4, -0.2) is 22.5 Å². The van der Waals surface area contributed by atoms with Crippen LogP contribution in [-0.2, 0) is 9.59 Å². The highest BCUT2D eigenvalue weighted by molar-refractivity contribution is 5.86. The van der Waals surface area contributed by atoms with Crippen molar-refractivity contribution in [1.29, 1.82) is 0 Å². The number of carbonyl (C=O) groups excluding carboxylic acids is 1. The molecule has 4 nitrogen and oxygen atoms in total. The number of aliphatic carboxylic acids is 1. The van der Waals surface area contributed by atoms with Gasteiger partial charge in [-0.25, -0.2) is 4.79 Å². The van der Waals surface area contributed by atoms with Crippen LogP contribution in [0.5, 0.6) is 0 Å². The summed E-state index contributed by atoms with van der Waals surface area (Å²) in [6.07, 6.45) is 6.29. The Hall–Kier alpha value is -1.06. The maximum absolute atomic E-state index is 12.0. The first-order valence-corrected chi connectivity index (χ1v) is 7.41. The Kier molecular flexibility index (Phi) is 5.83. The van der Waals surface area contributed by atoms with Gasteiger partial charge in [-0.15, -0.1) is 0 Å². The maximum atomic E-state index is 12.0. The molecule has 1 aliphatic rings. The third-order valence-electron chi connectivity index (χ3n) is 4.16. The first-order chi connectivity index (χ1) is 8.87. The number of hydrogen-bond acceptors (Lipinski definition) is 2. The lowest BCUT2D eigenvalue weighted by molar-refractivity contribution is -0.147. The normalized spacial score (nSPS) is 26.5. The van der Waals surface area contributed by atoms with E-state index in [-0.39, 0.29) is 5.91 Å². The van der Waals surface area contributed by atoms with Crippen LogP contribution in [0.4, 0.5) is 0 Å². The average molecular weight is 269 g/mol. The van der Waals surface area contributed by atoms with Gasteiger partial charge in [0, 0.05) is 6.42 Å². The Morgan fingerprint density at radius 3 is 2.58 bits per heavy atom. The van der Waals surface area contributed by atoms with Crippen LogP contribution in [0.3, 0.4) is 0 Å². The summed E-state index contributed by atoms with van der Waals surface area (Å²) in [5, 5.41) is 12.0. The molecule has 1 amide bonds. The van der Waals surface area contributed by atoms with Gasteiger partial charge in [-0.1, -0.05) is 33.1 Å². The van der Waals surface area contributed by atoms with Crippen molar-refractivity contribution in [2.75, 3.05) is 0 Å². The molecule has 3 atom stereocenters. The van der Waals surface area contributed by atoms with Gasteiger partial charge in [-0.2, -0.15) is 0 Å². The smallest absolute Gasteiger partial charge is 0.329 e. The summed E-state index contributed by atoms with van der Waals surface area (Å²) < 4.78 is 0. The van der Waals surface area contributed by atoms with Crippen LogP contribution in [0.25, 0.3) is 0 Å². The molecular formula is C15H27NO3. The quantitative estimate of drug-likeness (QED) is 0.779. The van der Waals surface area contributed by atoms with E-state index in [0.29, 0.717) is 24.7 Å². The van der Waals surface area contributed by atoms with E-state index in [2.05, 4.69) is 12.2 Å². The predicted octanol–water partition coefficient (Wildman–Crippen LogP) is 2.96. The van der Waals surface area contributed by atoms with Gasteiger partial charge in [-0.05, 0) is 38.0 Å². The van der Waals surface area contributed by atoms with E-state index >= 15 is 0 Å². The van der Waals surface area contributed by atoms with Crippen molar-refractivity contribution in [2.24, 2.45) is 11.8 Å². The van der Waals surface area contributed by atoms with Gasteiger partial charge in [-0.3, -0.25) is 4.79 Å². The predicted molar refractivity (Wildman–Crippen MR) is 74.8 cm³/mol. The highest BCUT2D eigenvalue weighted by atomic mass is 16.4. The van der Waals surface area contributed by atoms with Crippen LogP contribution in [0.15, 0.2) is 0 Å². The van der Waals surface area contributed by atoms with E-state index in [1.165, 1.54) is 12.8 Å². The number of hydrogen-bond donors (Lipinski definition) is 2. The van der Waals surface area contributed by atoms with Crippen molar-refractivity contribution >= 4 is 11.9 Å². The summed E-state index contributed by atoms with van der Waals surface area (Å²) in [5.41, 5.74) is -1.12. The Balaban J connectivity index is 2.50. The van der Waals surface area contributed by atoms with Crippen LogP contribution in [0.1, 0.15) is 65.7 Å². The topological polar surface area (TPSA) is 66.4 Å². The summed E-state index contributed by atoms with van der Waals surface area (Å²) in [6.45, 7) is 5.75. The lowest BCUT2D eigenvalue weighted by atomic mass is 9.80. The van der Waals surface area contributed by atoms with Crippen molar-refractivity contribution in [3.63, 3.8) is 0 Å². The number of nitrogens with one attached hydrogen (secondary N) is 1. The Morgan fingerprint density at radius 2 is 2.05 bits per heavy atom. The second kappa shape index (κ2) is 6.92. The summed E-state index contributed by atoms with van der Waals surface area (Å²) in [6, 6.07) is 0. The first-order valence-electron chi connectivity index (χ1n) is 7.41. The third kappa shape index (κ3) is 4.84. The highest BCUT2D eigenvalue weighted by Gasteiger charge is 2.34. The van der Waals surface area contributed by atoms with Crippen LogP contribution in [0, 0.1) is 11.8 Å². The maximum Gasteiger partial charge on any atom is 0.329 e. The lowest BCUT2D eigenvalue weighted by Gasteiger charge is -2.29. The number of rotatable bonds is 6. The Labute approximate surface area is 116 Å². The molecule has 0 saturated heterocycles. The fourth-order valence-corrected chi connectivity index (χ4v) is 3.09. The summed E-state index contributed by atoms with van der Waals surface area (Å²) in [7, 11) is 0. The molecule has 0 aromatic rings. The molecule has 4 heteroatoms. The van der Waals surface area contributed by atoms with Crippen molar-refractivity contribution in [2.45, 2.75) is 71.3 Å². The fourth-order valence-electron chi connectivity index (χ4n) is 3.09. The van der Waals surface area contributed by atoms with Gasteiger partial charge in [0.05, 0.1) is 0 Å². The molecule has 0 aromatic carbocycles. The molecule has 1 fully saturated rings. The lowest BCUT2D eigenvalue weighted by Crippen LogP contribution is -2.52. The van der Waals surface area contributed by atoms with Gasteiger partial charge in [0.15, 0.2) is 0 Å². The summed E-state index contributed by atoms with van der Waals surface area (Å²) >= 11 is 0. The zero-order valence-corrected chi connectivity index (χ0v) is 12.4. The fraction of sp³-hybridized carbons (Fsp3) is 0.867. The van der Waals surface area contributed by atoms with Crippen LogP contribution in [0.2, 0.25) is 0 Å². The van der Waals surface area contributed by atoms with E-state index < -0.39 is 11.5 Å². The minimum Gasteiger partial charge on any atom is -0.480 e. The molecule has 0 aliphatic heterocycles. The van der Waals surface area contributed by atoms with Crippen molar-refractivity contribution in [3.05, 3.63) is 0 Å². The van der Waals surface area contributed by atoms with Crippen LogP contribution >= 0.6 is 0 Å². The SMILES string of the molecule is CCCC(C)(NC(=O)CC1CCCC(C)C1)C(=O)O. The molecule has 110 valence electrons. The number of carboxylic acids is 1. The molecule has 2 N–H and O–H groups in total. The minimum absolute atomic E-state index is 0.113. The molecule has 0 bridgehead atoms. The molecule has 19 heavy (non-hydrogen) atoms. The second-order valence-corrected chi connectivity index (χ2v) is 6.28. The van der Waals surface area contributed by atoms with E-state index in [1.54, 1.807) is 6.92 Å². The largest absolute Gasteiger partial charge is 0.480 e. The standard InChI is InChI=1S/C15H27NO3/c1-4-8-15(3,14(18)19)16-13(17)10-12-7-5-6-11(2)9-12/h11-12H,4-10H2,1-3H3,(H,16,17)(H,18,19). The van der Waals surface area contributed by atoms with Gasteiger partial charge in [0.2, 0.25) is 5.91 Å². The average Bonchev–Trinajstić information content (AvgIpc) is 2.28. The van der Waals surface area contributed by atoms with E-state index in [4.69, 9.17) is 0 Å². The monoisotopic (exact) mass is 269 g/mol. The number of carboxylic acid groups (broad SMARTS) is 1. The second-order valence-electron chi connectivity index (χ2n) is 6.28. The molecule has 0 aromatic heterocycles. The van der Waals surface area contributed by atoms with Gasteiger partial charge < -0.3 is 10.4 Å². The molecule has 1 aliphatic carbocycles. The molecular weight excluding hydrogens is 242 g/mol. The highest BCUT2D eigenvalue weighted by Crippen LogP contribution is 2.30. The minimum atomic E-state index is -1.12. The molecule has 0 spiro atoms. The zero-order chi connectivity index (χ0) is 14.5. The number of amides is 1. The van der Waals surface area contributed by atoms with Crippen molar-refractivity contribution < 1.29 is 14.7 Å². The van der Waals surface area contributed by atoms with E-state index in [1.807, 2.05) is 6.92 Å². The first kappa shape index (κ1) is 16.0. The van der Waals surface area contributed by atoms with Crippen LogP contribution < -0.4 is 5.32 Å². The van der Waals surface area contributed by atoms with Crippen molar-refractivity contribution in [3.8, 4) is 0 Å². The Bertz CT molecular complexity index is 329. The summed E-state index contributed by atoms with van der Waals surface area (Å²) in [4.78, 5) is 23.3. The summed E-state index contributed by atoms with van der Waals surface area (Å²) in [5.74, 6) is 0.0497. The molecule has 3 unspecified atom stereocenters. The number of carbonyl (C=O) groups is 2. The van der Waals surface area contributed by atoms with Gasteiger partial charge in [0.1, 0.15) is 5.54 Å². The zero-order valence-electron chi connectivity index (χ0n) is 12.4. The molecule has 1 saturated carbocycles.